The van der Waals surface area contributed by atoms with E-state index in [0.717, 1.165) is 64.2 Å². The Hall–Kier alpha value is -2.88. The van der Waals surface area contributed by atoms with Gasteiger partial charge in [0.1, 0.15) is 12.2 Å². The molecule has 10 heteroatoms. The first-order valence-electron chi connectivity index (χ1n) is 17.9. The highest BCUT2D eigenvalue weighted by molar-refractivity contribution is 7.47. The first-order chi connectivity index (χ1) is 24.3. The van der Waals surface area contributed by atoms with Gasteiger partial charge in [-0.25, -0.2) is 4.57 Å². The van der Waals surface area contributed by atoms with Crippen molar-refractivity contribution >= 4 is 13.8 Å². The Morgan fingerprint density at radius 1 is 0.620 bits per heavy atom. The number of carbonyl (C=O) groups excluding carboxylic acids is 1. The fourth-order valence-electron chi connectivity index (χ4n) is 3.84. The molecule has 0 rings (SSSR count). The van der Waals surface area contributed by atoms with E-state index >= 15 is 0 Å². The van der Waals surface area contributed by atoms with Gasteiger partial charge in [-0.15, -0.1) is 0 Å². The topological polar surface area (TPSA) is 132 Å². The molecule has 0 fully saturated rings. The number of hydrogen-bond donors (Lipinski definition) is 3. The van der Waals surface area contributed by atoms with E-state index in [1.807, 2.05) is 12.2 Å². The minimum Gasteiger partial charge on any atom is -0.457 e. The maximum Gasteiger partial charge on any atom is 0.472 e. The maximum absolute atomic E-state index is 12.5. The smallest absolute Gasteiger partial charge is 0.457 e. The second kappa shape index (κ2) is 35.9. The van der Waals surface area contributed by atoms with Gasteiger partial charge in [0.05, 0.1) is 32.8 Å². The summed E-state index contributed by atoms with van der Waals surface area (Å²) in [7, 11) is -4.56. The lowest BCUT2D eigenvalue weighted by molar-refractivity contribution is -0.153. The number of rotatable bonds is 32. The fourth-order valence-corrected chi connectivity index (χ4v) is 4.63. The molecule has 3 unspecified atom stereocenters. The molecule has 3 N–H and O–H groups in total. The van der Waals surface area contributed by atoms with E-state index in [-0.39, 0.29) is 13.0 Å². The Morgan fingerprint density at radius 3 is 1.50 bits per heavy atom. The Bertz CT molecular complexity index is 1130. The number of carbonyl (C=O) groups is 1. The molecule has 3 atom stereocenters. The van der Waals surface area contributed by atoms with Gasteiger partial charge >= 0.3 is 13.8 Å². The lowest BCUT2D eigenvalue weighted by atomic mass is 10.2. The number of phosphoric ester groups is 1. The molecule has 50 heavy (non-hydrogen) atoms. The zero-order chi connectivity index (χ0) is 36.8. The van der Waals surface area contributed by atoms with Crippen molar-refractivity contribution in [2.24, 2.45) is 0 Å². The largest absolute Gasteiger partial charge is 0.472 e. The molecule has 0 saturated heterocycles. The Balaban J connectivity index is 4.55. The molecule has 9 nitrogen and oxygen atoms in total. The number of unbranched alkanes of at least 4 members (excludes halogenated alkanes) is 1. The van der Waals surface area contributed by atoms with Gasteiger partial charge in [-0.3, -0.25) is 13.8 Å². The number of ether oxygens (including phenoxy) is 2. The number of aliphatic hydroxyl groups is 2. The van der Waals surface area contributed by atoms with Crippen LogP contribution in [0.3, 0.4) is 0 Å². The third-order valence-electron chi connectivity index (χ3n) is 6.49. The van der Waals surface area contributed by atoms with Crippen molar-refractivity contribution in [3.05, 3.63) is 109 Å². The molecule has 282 valence electrons. The predicted molar refractivity (Wildman–Crippen MR) is 205 cm³/mol. The number of aliphatic hydroxyl groups excluding tert-OH is 2. The van der Waals surface area contributed by atoms with Crippen molar-refractivity contribution in [3.8, 4) is 0 Å². The molecule has 0 aromatic heterocycles. The molecule has 0 aliphatic rings. The molecule has 0 aliphatic carbocycles. The predicted octanol–water partition coefficient (Wildman–Crippen LogP) is 9.13. The summed E-state index contributed by atoms with van der Waals surface area (Å²) in [6.45, 7) is 2.94. The Kier molecular flexibility index (Phi) is 33.9. The van der Waals surface area contributed by atoms with Crippen LogP contribution in [0.1, 0.15) is 90.9 Å². The lowest BCUT2D eigenvalue weighted by Crippen LogP contribution is -2.28. The van der Waals surface area contributed by atoms with Gasteiger partial charge in [0.2, 0.25) is 0 Å². The molecule has 0 bridgehead atoms. The summed E-state index contributed by atoms with van der Waals surface area (Å²) in [6, 6.07) is 0. The van der Waals surface area contributed by atoms with E-state index < -0.39 is 45.8 Å². The number of phosphoric acid groups is 1. The van der Waals surface area contributed by atoms with Gasteiger partial charge in [0.15, 0.2) is 0 Å². The minimum atomic E-state index is -4.56. The molecule has 0 amide bonds. The molecule has 0 aliphatic heterocycles. The number of hydrogen-bond acceptors (Lipinski definition) is 8. The van der Waals surface area contributed by atoms with E-state index in [4.69, 9.17) is 19.1 Å². The van der Waals surface area contributed by atoms with E-state index in [9.17, 15) is 19.4 Å². The van der Waals surface area contributed by atoms with Crippen LogP contribution < -0.4 is 0 Å². The number of esters is 1. The van der Waals surface area contributed by atoms with Crippen molar-refractivity contribution in [3.63, 3.8) is 0 Å². The van der Waals surface area contributed by atoms with Crippen LogP contribution in [0, 0.1) is 0 Å². The van der Waals surface area contributed by atoms with Crippen molar-refractivity contribution < 1.29 is 43.0 Å². The van der Waals surface area contributed by atoms with Crippen molar-refractivity contribution in [1.29, 1.82) is 0 Å². The van der Waals surface area contributed by atoms with Gasteiger partial charge in [-0.1, -0.05) is 123 Å². The summed E-state index contributed by atoms with van der Waals surface area (Å²) >= 11 is 0. The standard InChI is InChI=1S/C40H63O9P/c1-3-5-7-9-11-13-15-17-19-20-22-24-26-28-30-32-40(43)49-39(37-48-50(44,45)47-35-38(42)34-41)36-46-33-31-29-27-25-23-21-18-16-14-12-10-8-6-4-2/h5-8,11-14,17-19,21-22,24-25,27-28,30,38-39,41-42H,3-4,9-10,15-16,20,23,26,29,31-37H2,1-2H3,(H,44,45)/b7-5-,8-6-,13-11-,14-12-,19-17-,21-18-,24-22-,27-25-,30-28-. The highest BCUT2D eigenvalue weighted by Gasteiger charge is 2.26. The summed E-state index contributed by atoms with van der Waals surface area (Å²) in [5, 5.41) is 18.3. The van der Waals surface area contributed by atoms with Crippen molar-refractivity contribution in [2.45, 2.75) is 103 Å². The Labute approximate surface area is 301 Å². The normalized spacial score (nSPS) is 15.5. The molecule has 0 aromatic rings. The summed E-state index contributed by atoms with van der Waals surface area (Å²) in [5.41, 5.74) is 0. The highest BCUT2D eigenvalue weighted by Crippen LogP contribution is 2.43. The average Bonchev–Trinajstić information content (AvgIpc) is 3.10. The van der Waals surface area contributed by atoms with E-state index in [2.05, 4.69) is 110 Å². The van der Waals surface area contributed by atoms with Crippen molar-refractivity contribution in [1.82, 2.24) is 0 Å². The summed E-state index contributed by atoms with van der Waals surface area (Å²) in [6.07, 6.45) is 45.2. The third-order valence-corrected chi connectivity index (χ3v) is 7.44. The van der Waals surface area contributed by atoms with Crippen LogP contribution in [0.2, 0.25) is 0 Å². The second-order valence-corrected chi connectivity index (χ2v) is 12.6. The van der Waals surface area contributed by atoms with Crippen LogP contribution in [-0.2, 0) is 27.9 Å². The summed E-state index contributed by atoms with van der Waals surface area (Å²) in [5.74, 6) is -0.534. The Morgan fingerprint density at radius 2 is 1.04 bits per heavy atom. The number of allylic oxidation sites excluding steroid dienone is 17. The zero-order valence-electron chi connectivity index (χ0n) is 30.3. The van der Waals surface area contributed by atoms with E-state index in [0.29, 0.717) is 13.0 Å². The van der Waals surface area contributed by atoms with Gasteiger partial charge in [0, 0.05) is 6.61 Å². The van der Waals surface area contributed by atoms with Crippen LogP contribution >= 0.6 is 7.82 Å². The molecular formula is C40H63O9P. The SMILES string of the molecule is CC/C=C\C/C=C\C/C=C\C/C=C\C/C=C\CC(=O)OC(COCCC/C=C\C/C=C\C/C=C\C/C=C\CC)COP(=O)(O)OCC(O)CO. The van der Waals surface area contributed by atoms with Crippen LogP contribution in [0.4, 0.5) is 0 Å². The van der Waals surface area contributed by atoms with Crippen LogP contribution in [0.15, 0.2) is 109 Å². The quantitative estimate of drug-likeness (QED) is 0.0270. The molecule has 0 saturated carbocycles. The first-order valence-corrected chi connectivity index (χ1v) is 19.4. The lowest BCUT2D eigenvalue weighted by Gasteiger charge is -2.20. The molecule has 0 aromatic carbocycles. The molecule has 0 spiro atoms. The molecular weight excluding hydrogens is 655 g/mol. The van der Waals surface area contributed by atoms with Gasteiger partial charge in [-0.05, 0) is 70.6 Å². The molecule has 0 radical (unpaired) electrons. The monoisotopic (exact) mass is 718 g/mol. The fraction of sp³-hybridized carbons (Fsp3) is 0.525. The van der Waals surface area contributed by atoms with E-state index in [1.54, 1.807) is 6.08 Å². The second-order valence-electron chi connectivity index (χ2n) is 11.1. The van der Waals surface area contributed by atoms with Crippen LogP contribution in [-0.4, -0.2) is 66.3 Å². The van der Waals surface area contributed by atoms with Gasteiger partial charge in [-0.2, -0.15) is 0 Å². The average molecular weight is 719 g/mol. The molecule has 0 heterocycles. The zero-order valence-corrected chi connectivity index (χ0v) is 31.2. The van der Waals surface area contributed by atoms with Crippen molar-refractivity contribution in [2.75, 3.05) is 33.0 Å². The third kappa shape index (κ3) is 35.0. The van der Waals surface area contributed by atoms with Gasteiger partial charge < -0.3 is 24.6 Å². The summed E-state index contributed by atoms with van der Waals surface area (Å²) in [4.78, 5) is 22.4. The van der Waals surface area contributed by atoms with Crippen LogP contribution in [0.25, 0.3) is 0 Å². The van der Waals surface area contributed by atoms with E-state index in [1.165, 1.54) is 0 Å². The highest BCUT2D eigenvalue weighted by atomic mass is 31.2. The summed E-state index contributed by atoms with van der Waals surface area (Å²) < 4.78 is 33.0. The van der Waals surface area contributed by atoms with Crippen LogP contribution in [0.5, 0.6) is 0 Å². The maximum atomic E-state index is 12.5. The van der Waals surface area contributed by atoms with Gasteiger partial charge in [0.25, 0.3) is 0 Å². The first kappa shape index (κ1) is 47.1. The minimum absolute atomic E-state index is 0.0197.